The van der Waals surface area contributed by atoms with E-state index in [-0.39, 0.29) is 46.3 Å². The molecule has 0 amide bonds. The van der Waals surface area contributed by atoms with E-state index in [1.807, 2.05) is 0 Å². The summed E-state index contributed by atoms with van der Waals surface area (Å²) in [6, 6.07) is 8.98. The van der Waals surface area contributed by atoms with Gasteiger partial charge in [-0.1, -0.05) is 46.3 Å². The molecule has 2 heterocycles. The fraction of sp³-hybridized carbons (Fsp3) is 0.192. The molecule has 1 aliphatic carbocycles. The first-order chi connectivity index (χ1) is 18.8. The second kappa shape index (κ2) is 10.4. The maximum absolute atomic E-state index is 15.3. The Hall–Kier alpha value is -4.39. The summed E-state index contributed by atoms with van der Waals surface area (Å²) in [5.74, 6) is -1.67. The Morgan fingerprint density at radius 1 is 1.18 bits per heavy atom. The summed E-state index contributed by atoms with van der Waals surface area (Å²) in [7, 11) is 1.26. The molecular weight excluding hydrogens is 580 g/mol. The van der Waals surface area contributed by atoms with Crippen molar-refractivity contribution in [3.63, 3.8) is 0 Å². The highest BCUT2D eigenvalue weighted by molar-refractivity contribution is 9.08. The van der Waals surface area contributed by atoms with Crippen molar-refractivity contribution in [2.24, 2.45) is 0 Å². The van der Waals surface area contributed by atoms with Crippen LogP contribution in [-0.4, -0.2) is 37.0 Å². The number of halogens is 3. The number of alkyl halides is 1. The molecule has 0 saturated heterocycles. The predicted octanol–water partition coefficient (Wildman–Crippen LogP) is 4.03. The zero-order valence-corrected chi connectivity index (χ0v) is 22.0. The number of methoxy groups -OCH3 is 1. The normalized spacial score (nSPS) is 15.0. The summed E-state index contributed by atoms with van der Waals surface area (Å²) < 4.78 is 38.2. The molecule has 0 radical (unpaired) electrons. The lowest BCUT2D eigenvalue weighted by molar-refractivity contribution is -0.508. The number of hydrogen-bond acceptors (Lipinski definition) is 6. The van der Waals surface area contributed by atoms with E-state index in [9.17, 15) is 24.1 Å². The number of rotatable bonds is 7. The fourth-order valence-corrected chi connectivity index (χ4v) is 5.01. The van der Waals surface area contributed by atoms with Crippen LogP contribution in [0.15, 0.2) is 70.3 Å². The Kier molecular flexibility index (Phi) is 7.00. The van der Waals surface area contributed by atoms with Gasteiger partial charge in [0.2, 0.25) is 6.04 Å². The number of aromatic nitrogens is 4. The molecule has 0 unspecified atom stereocenters. The Labute approximate surface area is 227 Å². The monoisotopic (exact) mass is 599 g/mol. The summed E-state index contributed by atoms with van der Waals surface area (Å²) in [5.41, 5.74) is -1.24. The Bertz CT molecular complexity index is 1810. The maximum Gasteiger partial charge on any atom is 0.337 e. The van der Waals surface area contributed by atoms with Crippen molar-refractivity contribution in [3.8, 4) is 11.4 Å². The van der Waals surface area contributed by atoms with E-state index >= 15 is 4.39 Å². The van der Waals surface area contributed by atoms with E-state index in [1.54, 1.807) is 12.1 Å². The van der Waals surface area contributed by atoms with Crippen LogP contribution in [0.3, 0.4) is 0 Å². The average molecular weight is 600 g/mol. The van der Waals surface area contributed by atoms with E-state index in [0.29, 0.717) is 16.0 Å². The van der Waals surface area contributed by atoms with Gasteiger partial charge in [-0.15, -0.1) is 5.10 Å². The van der Waals surface area contributed by atoms with E-state index in [1.165, 1.54) is 60.3 Å². The third-order valence-corrected chi connectivity index (χ3v) is 6.98. The van der Waals surface area contributed by atoms with Gasteiger partial charge >= 0.3 is 5.69 Å². The summed E-state index contributed by atoms with van der Waals surface area (Å²) >= 11 is 3.37. The van der Waals surface area contributed by atoms with Crippen molar-refractivity contribution < 1.29 is 18.4 Å². The van der Waals surface area contributed by atoms with Crippen molar-refractivity contribution >= 4 is 32.7 Å². The second-order valence-electron chi connectivity index (χ2n) is 8.66. The van der Waals surface area contributed by atoms with Crippen molar-refractivity contribution in [3.05, 3.63) is 115 Å². The lowest BCUT2D eigenvalue weighted by Crippen LogP contribution is -2.39. The highest BCUT2D eigenvalue weighted by atomic mass is 79.9. The van der Waals surface area contributed by atoms with E-state index < -0.39 is 33.8 Å². The molecule has 39 heavy (non-hydrogen) atoms. The number of nitrogens with zero attached hydrogens (tertiary/aromatic N) is 5. The molecule has 1 aliphatic rings. The minimum absolute atomic E-state index is 0.00395. The summed E-state index contributed by atoms with van der Waals surface area (Å²) in [4.78, 5) is 38.4. The lowest BCUT2D eigenvalue weighted by Gasteiger charge is -2.13. The van der Waals surface area contributed by atoms with Crippen molar-refractivity contribution in [2.75, 3.05) is 7.11 Å². The lowest BCUT2D eigenvalue weighted by atomic mass is 10.1. The highest BCUT2D eigenvalue weighted by Crippen LogP contribution is 2.26. The van der Waals surface area contributed by atoms with E-state index in [0.717, 1.165) is 4.57 Å². The molecule has 2 aromatic carbocycles. The maximum atomic E-state index is 15.3. The van der Waals surface area contributed by atoms with E-state index in [2.05, 4.69) is 21.0 Å². The van der Waals surface area contributed by atoms with Crippen LogP contribution >= 0.6 is 15.9 Å². The van der Waals surface area contributed by atoms with E-state index in [4.69, 9.17) is 4.74 Å². The van der Waals surface area contributed by atoms with Crippen LogP contribution < -0.4 is 16.0 Å². The van der Waals surface area contributed by atoms with Crippen LogP contribution in [0.2, 0.25) is 0 Å². The SMILES string of the molecule is COc1cccc(-n2c(=O)c3c(CBr)n(C4=CC[C@H]([N+](=O)[O-])C=C4)nc3n(Cc3ccccc3F)c2=O)c1F. The molecule has 4 aromatic rings. The third kappa shape index (κ3) is 4.48. The molecule has 200 valence electrons. The standard InChI is InChI=1S/C26H20BrF2N5O5/c1-39-21-8-4-7-19(23(21)29)32-25(35)22-20(13-27)33(16-9-11-17(12-10-16)34(37)38)30-24(22)31(26(32)36)14-15-5-2-3-6-18(15)28/h2-11,17H,12-14H2,1H3/t17-/m1/s1. The van der Waals surface area contributed by atoms with Gasteiger partial charge in [0, 0.05) is 22.2 Å². The zero-order valence-electron chi connectivity index (χ0n) is 20.4. The first kappa shape index (κ1) is 26.2. The molecule has 0 bridgehead atoms. The van der Waals surface area contributed by atoms with Gasteiger partial charge in [0.1, 0.15) is 11.2 Å². The molecular formula is C26H20BrF2N5O5. The largest absolute Gasteiger partial charge is 0.494 e. The van der Waals surface area contributed by atoms with Gasteiger partial charge in [-0.05, 0) is 30.4 Å². The van der Waals surface area contributed by atoms with Crippen molar-refractivity contribution in [2.45, 2.75) is 24.3 Å². The summed E-state index contributed by atoms with van der Waals surface area (Å²) in [5, 5.41) is 15.8. The minimum Gasteiger partial charge on any atom is -0.494 e. The van der Waals surface area contributed by atoms with Gasteiger partial charge in [0.15, 0.2) is 17.2 Å². The molecule has 2 aromatic heterocycles. The second-order valence-corrected chi connectivity index (χ2v) is 9.22. The van der Waals surface area contributed by atoms with Crippen LogP contribution in [0, 0.1) is 21.7 Å². The number of hydrogen-bond donors (Lipinski definition) is 0. The molecule has 0 fully saturated rings. The summed E-state index contributed by atoms with van der Waals surface area (Å²) in [6.07, 6.45) is 4.62. The molecule has 1 atom stereocenters. The fourth-order valence-electron chi connectivity index (χ4n) is 4.49. The van der Waals surface area contributed by atoms with Gasteiger partial charge in [-0.2, -0.15) is 0 Å². The van der Waals surface area contributed by atoms with Gasteiger partial charge in [-0.25, -0.2) is 22.8 Å². The number of nitro groups is 1. The van der Waals surface area contributed by atoms with Crippen molar-refractivity contribution in [1.82, 2.24) is 18.9 Å². The molecule has 0 N–H and O–H groups in total. The number of fused-ring (bicyclic) bond motifs is 1. The third-order valence-electron chi connectivity index (χ3n) is 6.45. The molecule has 5 rings (SSSR count). The first-order valence-electron chi connectivity index (χ1n) is 11.7. The van der Waals surface area contributed by atoms with Crippen LogP contribution in [0.25, 0.3) is 22.4 Å². The smallest absolute Gasteiger partial charge is 0.337 e. The molecule has 13 heteroatoms. The van der Waals surface area contributed by atoms with Crippen molar-refractivity contribution in [1.29, 1.82) is 0 Å². The number of allylic oxidation sites excluding steroid dienone is 2. The quantitative estimate of drug-likeness (QED) is 0.180. The molecule has 0 saturated carbocycles. The van der Waals surface area contributed by atoms with Crippen LogP contribution in [0.4, 0.5) is 8.78 Å². The minimum atomic E-state index is -0.935. The highest BCUT2D eigenvalue weighted by Gasteiger charge is 2.27. The number of ether oxygens (including phenoxy) is 1. The number of benzene rings is 2. The Balaban J connectivity index is 1.84. The zero-order chi connectivity index (χ0) is 27.8. The molecule has 0 spiro atoms. The first-order valence-corrected chi connectivity index (χ1v) is 12.8. The Morgan fingerprint density at radius 3 is 2.59 bits per heavy atom. The predicted molar refractivity (Wildman–Crippen MR) is 143 cm³/mol. The van der Waals surface area contributed by atoms with Crippen LogP contribution in [-0.2, 0) is 11.9 Å². The van der Waals surface area contributed by atoms with Gasteiger partial charge in [-0.3, -0.25) is 19.5 Å². The average Bonchev–Trinajstić information content (AvgIpc) is 3.33. The van der Waals surface area contributed by atoms with Crippen LogP contribution in [0.1, 0.15) is 17.7 Å². The Morgan fingerprint density at radius 2 is 1.95 bits per heavy atom. The van der Waals surface area contributed by atoms with Gasteiger partial charge in [0.05, 0.1) is 30.7 Å². The molecule has 10 nitrogen and oxygen atoms in total. The topological polar surface area (TPSA) is 114 Å². The van der Waals surface area contributed by atoms with Crippen LogP contribution in [0.5, 0.6) is 5.75 Å². The summed E-state index contributed by atoms with van der Waals surface area (Å²) in [6.45, 7) is -0.301. The van der Waals surface area contributed by atoms with Gasteiger partial charge < -0.3 is 4.74 Å². The van der Waals surface area contributed by atoms with Gasteiger partial charge in [0.25, 0.3) is 5.56 Å². The molecule has 0 aliphatic heterocycles.